The van der Waals surface area contributed by atoms with Gasteiger partial charge in [0.05, 0.1) is 0 Å². The van der Waals surface area contributed by atoms with Crippen molar-refractivity contribution in [2.45, 2.75) is 39.5 Å². The van der Waals surface area contributed by atoms with E-state index in [9.17, 15) is 9.18 Å². The standard InChI is InChI=1S/C14H21FN2O2/c1-9(2)17-14(18)10(3)19-13-6-5-11(8-16-4)7-12(13)15/h5-7,9-10,16H,8H2,1-4H3,(H,17,18). The Hall–Kier alpha value is -1.62. The molecule has 1 rings (SSSR count). The Morgan fingerprint density at radius 3 is 2.58 bits per heavy atom. The van der Waals surface area contributed by atoms with Crippen molar-refractivity contribution < 1.29 is 13.9 Å². The zero-order chi connectivity index (χ0) is 14.4. The molecule has 0 aliphatic heterocycles. The highest BCUT2D eigenvalue weighted by molar-refractivity contribution is 5.80. The fourth-order valence-corrected chi connectivity index (χ4v) is 1.60. The highest BCUT2D eigenvalue weighted by atomic mass is 19.1. The summed E-state index contributed by atoms with van der Waals surface area (Å²) in [4.78, 5) is 11.7. The highest BCUT2D eigenvalue weighted by Crippen LogP contribution is 2.19. The number of carbonyl (C=O) groups excluding carboxylic acids is 1. The van der Waals surface area contributed by atoms with Crippen LogP contribution in [0.2, 0.25) is 0 Å². The summed E-state index contributed by atoms with van der Waals surface area (Å²) < 4.78 is 19.1. The molecule has 0 fully saturated rings. The third-order valence-corrected chi connectivity index (χ3v) is 2.48. The van der Waals surface area contributed by atoms with E-state index in [1.807, 2.05) is 13.8 Å². The van der Waals surface area contributed by atoms with Crippen LogP contribution in [0.3, 0.4) is 0 Å². The Morgan fingerprint density at radius 1 is 1.37 bits per heavy atom. The van der Waals surface area contributed by atoms with E-state index in [1.54, 1.807) is 26.1 Å². The van der Waals surface area contributed by atoms with E-state index >= 15 is 0 Å². The maximum absolute atomic E-state index is 13.8. The quantitative estimate of drug-likeness (QED) is 0.827. The van der Waals surface area contributed by atoms with E-state index in [2.05, 4.69) is 10.6 Å². The molecule has 0 aromatic heterocycles. The summed E-state index contributed by atoms with van der Waals surface area (Å²) in [7, 11) is 1.79. The van der Waals surface area contributed by atoms with Crippen LogP contribution in [0.5, 0.6) is 5.75 Å². The normalized spacial score (nSPS) is 12.3. The maximum atomic E-state index is 13.8. The highest BCUT2D eigenvalue weighted by Gasteiger charge is 2.17. The molecular weight excluding hydrogens is 247 g/mol. The lowest BCUT2D eigenvalue weighted by atomic mass is 10.2. The van der Waals surface area contributed by atoms with Crippen molar-refractivity contribution >= 4 is 5.91 Å². The minimum Gasteiger partial charge on any atom is -0.478 e. The van der Waals surface area contributed by atoms with Crippen molar-refractivity contribution in [3.63, 3.8) is 0 Å². The van der Waals surface area contributed by atoms with Gasteiger partial charge in [-0.05, 0) is 45.5 Å². The van der Waals surface area contributed by atoms with Gasteiger partial charge in [-0.1, -0.05) is 6.07 Å². The van der Waals surface area contributed by atoms with Gasteiger partial charge in [-0.2, -0.15) is 0 Å². The molecule has 19 heavy (non-hydrogen) atoms. The average molecular weight is 268 g/mol. The lowest BCUT2D eigenvalue weighted by Gasteiger charge is -2.17. The van der Waals surface area contributed by atoms with Crippen molar-refractivity contribution in [1.82, 2.24) is 10.6 Å². The second-order valence-electron chi connectivity index (χ2n) is 4.72. The van der Waals surface area contributed by atoms with E-state index in [4.69, 9.17) is 4.74 Å². The molecule has 0 bridgehead atoms. The van der Waals surface area contributed by atoms with Crippen molar-refractivity contribution in [3.8, 4) is 5.75 Å². The summed E-state index contributed by atoms with van der Waals surface area (Å²) in [5, 5.41) is 5.66. The van der Waals surface area contributed by atoms with Crippen LogP contribution >= 0.6 is 0 Å². The molecule has 1 unspecified atom stereocenters. The third-order valence-electron chi connectivity index (χ3n) is 2.48. The van der Waals surface area contributed by atoms with Gasteiger partial charge >= 0.3 is 0 Å². The second-order valence-corrected chi connectivity index (χ2v) is 4.72. The first-order chi connectivity index (χ1) is 8.93. The van der Waals surface area contributed by atoms with Crippen molar-refractivity contribution in [3.05, 3.63) is 29.6 Å². The van der Waals surface area contributed by atoms with Gasteiger partial charge in [-0.3, -0.25) is 4.79 Å². The van der Waals surface area contributed by atoms with Crippen LogP contribution in [0.1, 0.15) is 26.3 Å². The maximum Gasteiger partial charge on any atom is 0.260 e. The molecule has 0 saturated heterocycles. The van der Waals surface area contributed by atoms with Crippen LogP contribution < -0.4 is 15.4 Å². The minimum absolute atomic E-state index is 0.0291. The molecular formula is C14H21FN2O2. The number of benzene rings is 1. The number of nitrogens with one attached hydrogen (secondary N) is 2. The van der Waals surface area contributed by atoms with E-state index < -0.39 is 11.9 Å². The van der Waals surface area contributed by atoms with Gasteiger partial charge in [-0.15, -0.1) is 0 Å². The van der Waals surface area contributed by atoms with Crippen molar-refractivity contribution in [1.29, 1.82) is 0 Å². The van der Waals surface area contributed by atoms with Gasteiger partial charge in [-0.25, -0.2) is 4.39 Å². The van der Waals surface area contributed by atoms with Crippen molar-refractivity contribution in [2.24, 2.45) is 0 Å². The first-order valence-corrected chi connectivity index (χ1v) is 6.34. The minimum atomic E-state index is -0.730. The van der Waals surface area contributed by atoms with E-state index in [1.165, 1.54) is 6.07 Å². The molecule has 1 amide bonds. The summed E-state index contributed by atoms with van der Waals surface area (Å²) in [6.45, 7) is 5.90. The van der Waals surface area contributed by atoms with Gasteiger partial charge in [0.25, 0.3) is 5.91 Å². The lowest BCUT2D eigenvalue weighted by Crippen LogP contribution is -2.40. The number of ether oxygens (including phenoxy) is 1. The monoisotopic (exact) mass is 268 g/mol. The molecule has 0 spiro atoms. The zero-order valence-corrected chi connectivity index (χ0v) is 11.8. The summed E-state index contributed by atoms with van der Waals surface area (Å²) in [6.07, 6.45) is -0.730. The van der Waals surface area contributed by atoms with Gasteiger partial charge in [0.1, 0.15) is 0 Å². The van der Waals surface area contributed by atoms with Crippen LogP contribution in [0.4, 0.5) is 4.39 Å². The number of halogens is 1. The SMILES string of the molecule is CNCc1ccc(OC(C)C(=O)NC(C)C)c(F)c1. The van der Waals surface area contributed by atoms with Gasteiger partial charge in [0, 0.05) is 12.6 Å². The molecule has 1 atom stereocenters. The molecule has 4 nitrogen and oxygen atoms in total. The van der Waals surface area contributed by atoms with Crippen LogP contribution in [-0.2, 0) is 11.3 Å². The molecule has 0 aliphatic rings. The Labute approximate surface area is 113 Å². The predicted molar refractivity (Wildman–Crippen MR) is 72.5 cm³/mol. The summed E-state index contributed by atoms with van der Waals surface area (Å²) >= 11 is 0. The average Bonchev–Trinajstić information content (AvgIpc) is 2.32. The molecule has 0 saturated carbocycles. The number of hydrogen-bond acceptors (Lipinski definition) is 3. The predicted octanol–water partition coefficient (Wildman–Crippen LogP) is 1.84. The van der Waals surface area contributed by atoms with Crippen molar-refractivity contribution in [2.75, 3.05) is 7.05 Å². The number of hydrogen-bond donors (Lipinski definition) is 2. The zero-order valence-electron chi connectivity index (χ0n) is 11.8. The van der Waals surface area contributed by atoms with Gasteiger partial charge < -0.3 is 15.4 Å². The van der Waals surface area contributed by atoms with E-state index in [-0.39, 0.29) is 17.7 Å². The molecule has 0 heterocycles. The Kier molecular flexibility index (Phi) is 5.76. The third kappa shape index (κ3) is 4.87. The molecule has 1 aromatic rings. The summed E-state index contributed by atoms with van der Waals surface area (Å²) in [5.74, 6) is -0.628. The summed E-state index contributed by atoms with van der Waals surface area (Å²) in [6, 6.07) is 4.74. The number of carbonyl (C=O) groups is 1. The fraction of sp³-hybridized carbons (Fsp3) is 0.500. The fourth-order valence-electron chi connectivity index (χ4n) is 1.60. The Morgan fingerprint density at radius 2 is 2.05 bits per heavy atom. The lowest BCUT2D eigenvalue weighted by molar-refractivity contribution is -0.127. The number of amides is 1. The Balaban J connectivity index is 2.69. The van der Waals surface area contributed by atoms with Crippen LogP contribution in [0.15, 0.2) is 18.2 Å². The molecule has 1 aromatic carbocycles. The molecule has 2 N–H and O–H groups in total. The number of rotatable bonds is 6. The molecule has 5 heteroatoms. The van der Waals surface area contributed by atoms with Gasteiger partial charge in [0.2, 0.25) is 0 Å². The second kappa shape index (κ2) is 7.09. The Bertz CT molecular complexity index is 435. The van der Waals surface area contributed by atoms with Crippen LogP contribution in [-0.4, -0.2) is 25.1 Å². The largest absolute Gasteiger partial charge is 0.478 e. The van der Waals surface area contributed by atoms with E-state index in [0.29, 0.717) is 6.54 Å². The van der Waals surface area contributed by atoms with Crippen LogP contribution in [0.25, 0.3) is 0 Å². The van der Waals surface area contributed by atoms with E-state index in [0.717, 1.165) is 5.56 Å². The molecule has 0 radical (unpaired) electrons. The molecule has 106 valence electrons. The molecule has 0 aliphatic carbocycles. The first kappa shape index (κ1) is 15.4. The first-order valence-electron chi connectivity index (χ1n) is 6.34. The van der Waals surface area contributed by atoms with Gasteiger partial charge in [0.15, 0.2) is 17.7 Å². The topological polar surface area (TPSA) is 50.4 Å². The summed E-state index contributed by atoms with van der Waals surface area (Å²) in [5.41, 5.74) is 0.826. The van der Waals surface area contributed by atoms with Crippen LogP contribution in [0, 0.1) is 5.82 Å². The smallest absolute Gasteiger partial charge is 0.260 e.